The van der Waals surface area contributed by atoms with Gasteiger partial charge in [0, 0.05) is 6.07 Å². The average molecular weight is 408 g/mol. The van der Waals surface area contributed by atoms with Gasteiger partial charge < -0.3 is 23.7 Å². The second-order valence-corrected chi connectivity index (χ2v) is 7.97. The summed E-state index contributed by atoms with van der Waals surface area (Å²) in [4.78, 5) is 26.8. The van der Waals surface area contributed by atoms with E-state index in [2.05, 4.69) is 0 Å². The van der Waals surface area contributed by atoms with Crippen LogP contribution < -0.4 is 23.7 Å². The van der Waals surface area contributed by atoms with E-state index in [0.717, 1.165) is 0 Å². The second-order valence-electron chi connectivity index (χ2n) is 7.97. The Kier molecular flexibility index (Phi) is 3.72. The van der Waals surface area contributed by atoms with Gasteiger partial charge in [0.05, 0.1) is 30.9 Å². The number of Topliss-reactive ketones (excluding diaryl/α,β-unsaturated/α-hetero) is 2. The highest BCUT2D eigenvalue weighted by Gasteiger charge is 2.58. The van der Waals surface area contributed by atoms with Gasteiger partial charge in [-0.3, -0.25) is 9.59 Å². The minimum Gasteiger partial charge on any atom is -0.493 e. The fraction of sp³-hybridized carbons (Fsp3) is 0.304. The Labute approximate surface area is 173 Å². The molecule has 0 radical (unpaired) electrons. The van der Waals surface area contributed by atoms with Crippen LogP contribution in [-0.2, 0) is 0 Å². The van der Waals surface area contributed by atoms with E-state index in [1.807, 2.05) is 26.0 Å². The number of carbonyl (C=O) groups is 2. The molecule has 30 heavy (non-hydrogen) atoms. The van der Waals surface area contributed by atoms with Crippen molar-refractivity contribution in [2.75, 3.05) is 20.8 Å². The summed E-state index contributed by atoms with van der Waals surface area (Å²) in [7, 11) is 2.97. The predicted molar refractivity (Wildman–Crippen MR) is 107 cm³/mol. The number of ketones is 2. The first-order chi connectivity index (χ1) is 14.3. The fourth-order valence-electron chi connectivity index (χ4n) is 4.02. The Hall–Kier alpha value is -3.48. The first kappa shape index (κ1) is 18.5. The van der Waals surface area contributed by atoms with E-state index in [9.17, 15) is 9.59 Å². The molecular weight excluding hydrogens is 388 g/mol. The van der Waals surface area contributed by atoms with Gasteiger partial charge >= 0.3 is 0 Å². The van der Waals surface area contributed by atoms with Crippen LogP contribution >= 0.6 is 0 Å². The van der Waals surface area contributed by atoms with Crippen molar-refractivity contribution < 1.29 is 33.3 Å². The Morgan fingerprint density at radius 2 is 1.60 bits per heavy atom. The highest BCUT2D eigenvalue weighted by molar-refractivity contribution is 6.27. The maximum absolute atomic E-state index is 13.5. The van der Waals surface area contributed by atoms with E-state index in [4.69, 9.17) is 23.7 Å². The van der Waals surface area contributed by atoms with Gasteiger partial charge in [-0.2, -0.15) is 0 Å². The van der Waals surface area contributed by atoms with Crippen molar-refractivity contribution in [1.29, 1.82) is 0 Å². The van der Waals surface area contributed by atoms with Crippen LogP contribution in [0.25, 0.3) is 6.08 Å². The standard InChI is InChI=1S/C23H20O7/c1-22(2)8-7-12-15(29-22)6-5-13-19(12)30-23(20(13)24)11-28-16-10-18(27-4)17(26-3)9-14(16)21(23)25/h5-10H,11H2,1-4H3. The van der Waals surface area contributed by atoms with Crippen LogP contribution in [0.4, 0.5) is 0 Å². The van der Waals surface area contributed by atoms with Gasteiger partial charge in [0.1, 0.15) is 29.5 Å². The van der Waals surface area contributed by atoms with Crippen LogP contribution in [-0.4, -0.2) is 43.6 Å². The molecule has 7 nitrogen and oxygen atoms in total. The zero-order chi connectivity index (χ0) is 21.3. The predicted octanol–water partition coefficient (Wildman–Crippen LogP) is 3.48. The summed E-state index contributed by atoms with van der Waals surface area (Å²) in [6.07, 6.45) is 3.75. The van der Waals surface area contributed by atoms with E-state index in [1.54, 1.807) is 18.2 Å². The van der Waals surface area contributed by atoms with Crippen molar-refractivity contribution in [3.05, 3.63) is 47.0 Å². The number of rotatable bonds is 2. The number of hydrogen-bond acceptors (Lipinski definition) is 7. The summed E-state index contributed by atoms with van der Waals surface area (Å²) in [5.41, 5.74) is -1.06. The molecule has 5 rings (SSSR count). The number of benzene rings is 2. The quantitative estimate of drug-likeness (QED) is 0.704. The number of hydrogen-bond donors (Lipinski definition) is 0. The third kappa shape index (κ3) is 2.38. The zero-order valence-corrected chi connectivity index (χ0v) is 17.0. The topological polar surface area (TPSA) is 80.3 Å². The lowest BCUT2D eigenvalue weighted by atomic mass is 9.85. The van der Waals surface area contributed by atoms with Crippen LogP contribution in [0.3, 0.4) is 0 Å². The van der Waals surface area contributed by atoms with Crippen molar-refractivity contribution in [2.45, 2.75) is 25.0 Å². The minimum atomic E-state index is -1.77. The first-order valence-electron chi connectivity index (χ1n) is 9.52. The van der Waals surface area contributed by atoms with Crippen molar-refractivity contribution in [2.24, 2.45) is 0 Å². The van der Waals surface area contributed by atoms with E-state index >= 15 is 0 Å². The highest BCUT2D eigenvalue weighted by Crippen LogP contribution is 2.48. The maximum Gasteiger partial charge on any atom is 0.267 e. The minimum absolute atomic E-state index is 0.210. The maximum atomic E-state index is 13.5. The number of fused-ring (bicyclic) bond motifs is 4. The molecule has 2 aromatic carbocycles. The van der Waals surface area contributed by atoms with Crippen molar-refractivity contribution in [3.63, 3.8) is 0 Å². The number of ether oxygens (including phenoxy) is 5. The highest BCUT2D eigenvalue weighted by atomic mass is 16.6. The van der Waals surface area contributed by atoms with E-state index in [0.29, 0.717) is 39.9 Å². The molecule has 0 N–H and O–H groups in total. The lowest BCUT2D eigenvalue weighted by Gasteiger charge is -2.32. The molecule has 0 fully saturated rings. The van der Waals surface area contributed by atoms with Gasteiger partial charge in [-0.05, 0) is 44.2 Å². The van der Waals surface area contributed by atoms with E-state index < -0.39 is 22.8 Å². The van der Waals surface area contributed by atoms with E-state index in [1.165, 1.54) is 20.3 Å². The summed E-state index contributed by atoms with van der Waals surface area (Å²) in [5.74, 6) is 1.16. The normalized spacial score (nSPS) is 22.4. The van der Waals surface area contributed by atoms with Crippen molar-refractivity contribution in [3.8, 4) is 28.7 Å². The summed E-state index contributed by atoms with van der Waals surface area (Å²) < 4.78 is 28.4. The summed E-state index contributed by atoms with van der Waals surface area (Å²) in [6, 6.07) is 6.46. The van der Waals surface area contributed by atoms with Gasteiger partial charge in [0.25, 0.3) is 5.60 Å². The van der Waals surface area contributed by atoms with E-state index in [-0.39, 0.29) is 12.2 Å². The Bertz CT molecular complexity index is 1140. The van der Waals surface area contributed by atoms with Crippen LogP contribution in [0.5, 0.6) is 28.7 Å². The lowest BCUT2D eigenvalue weighted by molar-refractivity contribution is 0.0240. The molecule has 3 heterocycles. The SMILES string of the molecule is COc1cc2c(cc1OC)C(=O)C1(CO2)Oc2c(ccc3c2C=CC(C)(C)O3)C1=O. The number of methoxy groups -OCH3 is 2. The molecule has 3 aliphatic heterocycles. The molecule has 1 atom stereocenters. The van der Waals surface area contributed by atoms with Gasteiger partial charge in [-0.1, -0.05) is 0 Å². The zero-order valence-electron chi connectivity index (χ0n) is 17.0. The Morgan fingerprint density at radius 1 is 0.900 bits per heavy atom. The van der Waals surface area contributed by atoms with Crippen LogP contribution in [0.1, 0.15) is 40.1 Å². The second kappa shape index (κ2) is 6.01. The van der Waals surface area contributed by atoms with Crippen molar-refractivity contribution in [1.82, 2.24) is 0 Å². The van der Waals surface area contributed by atoms with Crippen molar-refractivity contribution >= 4 is 17.6 Å². The number of carbonyl (C=O) groups excluding carboxylic acids is 2. The van der Waals surface area contributed by atoms with Crippen LogP contribution in [0, 0.1) is 0 Å². The molecule has 7 heteroatoms. The van der Waals surface area contributed by atoms with Gasteiger partial charge in [0.15, 0.2) is 11.5 Å². The smallest absolute Gasteiger partial charge is 0.267 e. The summed E-state index contributed by atoms with van der Waals surface area (Å²) in [5, 5.41) is 0. The molecule has 1 unspecified atom stereocenters. The third-order valence-electron chi connectivity index (χ3n) is 5.60. The average Bonchev–Trinajstić information content (AvgIpc) is 3.02. The summed E-state index contributed by atoms with van der Waals surface area (Å²) >= 11 is 0. The Balaban J connectivity index is 1.60. The molecule has 154 valence electrons. The molecular formula is C23H20O7. The molecule has 3 aliphatic rings. The monoisotopic (exact) mass is 408 g/mol. The molecule has 0 aliphatic carbocycles. The molecule has 0 saturated heterocycles. The Morgan fingerprint density at radius 3 is 2.33 bits per heavy atom. The lowest BCUT2D eigenvalue weighted by Crippen LogP contribution is -2.55. The van der Waals surface area contributed by atoms with Gasteiger partial charge in [-0.15, -0.1) is 0 Å². The fourth-order valence-corrected chi connectivity index (χ4v) is 4.02. The van der Waals surface area contributed by atoms with Gasteiger partial charge in [0.2, 0.25) is 11.6 Å². The molecule has 0 aromatic heterocycles. The molecule has 2 aromatic rings. The van der Waals surface area contributed by atoms with Gasteiger partial charge in [-0.25, -0.2) is 0 Å². The largest absolute Gasteiger partial charge is 0.493 e. The molecule has 1 spiro atoms. The molecule has 0 bridgehead atoms. The third-order valence-corrected chi connectivity index (χ3v) is 5.60. The summed E-state index contributed by atoms with van der Waals surface area (Å²) in [6.45, 7) is 3.64. The first-order valence-corrected chi connectivity index (χ1v) is 9.52. The van der Waals surface area contributed by atoms with Crippen LogP contribution in [0.15, 0.2) is 30.3 Å². The molecule has 0 saturated carbocycles. The molecule has 0 amide bonds. The van der Waals surface area contributed by atoms with Crippen LogP contribution in [0.2, 0.25) is 0 Å².